The third-order valence-corrected chi connectivity index (χ3v) is 4.13. The molecule has 0 aliphatic heterocycles. The Morgan fingerprint density at radius 2 is 2.22 bits per heavy atom. The van der Waals surface area contributed by atoms with Gasteiger partial charge in [-0.15, -0.1) is 0 Å². The summed E-state index contributed by atoms with van der Waals surface area (Å²) in [5.41, 5.74) is 11.0. The molecule has 2 aliphatic carbocycles. The van der Waals surface area contributed by atoms with Gasteiger partial charge in [0.1, 0.15) is 0 Å². The van der Waals surface area contributed by atoms with E-state index >= 15 is 0 Å². The summed E-state index contributed by atoms with van der Waals surface area (Å²) < 4.78 is 0. The standard InChI is InChI=1S/C15H18N2O/c1-3-12-11-6-9(2)7-15(12,16)8-13-10(11)4-5-14(18)17-13/h3-6,11H,7-8,16H2,1-2H3,(H,17,18)/t11-,15-/m0/s1. The lowest BCUT2D eigenvalue weighted by molar-refractivity contribution is 0.425. The molecule has 0 spiro atoms. The van der Waals surface area contributed by atoms with E-state index in [1.54, 1.807) is 6.07 Å². The summed E-state index contributed by atoms with van der Waals surface area (Å²) in [5.74, 6) is 0.231. The van der Waals surface area contributed by atoms with E-state index in [4.69, 9.17) is 5.73 Å². The van der Waals surface area contributed by atoms with Crippen LogP contribution in [0.1, 0.15) is 37.4 Å². The topological polar surface area (TPSA) is 58.9 Å². The second-order valence-electron chi connectivity index (χ2n) is 5.50. The van der Waals surface area contributed by atoms with Crippen molar-refractivity contribution in [1.82, 2.24) is 4.98 Å². The van der Waals surface area contributed by atoms with Crippen LogP contribution in [0.4, 0.5) is 0 Å². The maximum atomic E-state index is 11.5. The molecule has 2 aliphatic rings. The van der Waals surface area contributed by atoms with Crippen molar-refractivity contribution >= 4 is 0 Å². The number of allylic oxidation sites excluding steroid dienone is 2. The summed E-state index contributed by atoms with van der Waals surface area (Å²) in [4.78, 5) is 14.4. The Balaban J connectivity index is 2.28. The first-order chi connectivity index (χ1) is 8.53. The van der Waals surface area contributed by atoms with E-state index in [0.29, 0.717) is 0 Å². The Bertz CT molecular complexity index is 624. The molecule has 3 heteroatoms. The summed E-state index contributed by atoms with van der Waals surface area (Å²) in [6.45, 7) is 4.19. The third kappa shape index (κ3) is 1.51. The highest BCUT2D eigenvalue weighted by atomic mass is 16.1. The molecule has 2 atom stereocenters. The van der Waals surface area contributed by atoms with Gasteiger partial charge >= 0.3 is 0 Å². The fourth-order valence-electron chi connectivity index (χ4n) is 3.51. The molecule has 0 saturated carbocycles. The summed E-state index contributed by atoms with van der Waals surface area (Å²) in [6, 6.07) is 3.55. The molecule has 94 valence electrons. The van der Waals surface area contributed by atoms with Crippen molar-refractivity contribution in [3.63, 3.8) is 0 Å². The fraction of sp³-hybridized carbons (Fsp3) is 0.400. The predicted octanol–water partition coefficient (Wildman–Crippen LogP) is 2.01. The summed E-state index contributed by atoms with van der Waals surface area (Å²) in [6.07, 6.45) is 6.01. The number of aromatic amines is 1. The minimum absolute atomic E-state index is 0.0416. The number of rotatable bonds is 0. The van der Waals surface area contributed by atoms with Crippen molar-refractivity contribution < 1.29 is 0 Å². The lowest BCUT2D eigenvalue weighted by Crippen LogP contribution is -2.51. The van der Waals surface area contributed by atoms with Gasteiger partial charge in [0.15, 0.2) is 0 Å². The van der Waals surface area contributed by atoms with Crippen molar-refractivity contribution in [2.24, 2.45) is 5.73 Å². The zero-order chi connectivity index (χ0) is 12.9. The van der Waals surface area contributed by atoms with Gasteiger partial charge in [0, 0.05) is 29.6 Å². The van der Waals surface area contributed by atoms with Crippen LogP contribution in [0.2, 0.25) is 0 Å². The first kappa shape index (κ1) is 11.5. The molecule has 0 unspecified atom stereocenters. The number of nitrogens with two attached hydrogens (primary N) is 1. The molecule has 3 rings (SSSR count). The molecule has 0 fully saturated rings. The number of fused-ring (bicyclic) bond motifs is 4. The Labute approximate surface area is 106 Å². The van der Waals surface area contributed by atoms with E-state index in [2.05, 4.69) is 31.0 Å². The van der Waals surface area contributed by atoms with E-state index in [0.717, 1.165) is 18.5 Å². The molecule has 18 heavy (non-hydrogen) atoms. The molecular formula is C15H18N2O. The van der Waals surface area contributed by atoms with Crippen LogP contribution >= 0.6 is 0 Å². The number of aromatic nitrogens is 1. The average Bonchev–Trinajstić information content (AvgIpc) is 2.26. The normalized spacial score (nSPS) is 32.1. The van der Waals surface area contributed by atoms with Crippen LogP contribution in [0.5, 0.6) is 0 Å². The second kappa shape index (κ2) is 3.69. The number of nitrogens with one attached hydrogen (secondary N) is 1. The molecule has 0 aromatic carbocycles. The Hall–Kier alpha value is -1.61. The quantitative estimate of drug-likeness (QED) is 0.684. The van der Waals surface area contributed by atoms with Crippen LogP contribution in [-0.4, -0.2) is 10.5 Å². The zero-order valence-corrected chi connectivity index (χ0v) is 10.8. The number of H-pyrrole nitrogens is 1. The highest BCUT2D eigenvalue weighted by Gasteiger charge is 2.42. The summed E-state index contributed by atoms with van der Waals surface area (Å²) >= 11 is 0. The second-order valence-corrected chi connectivity index (χ2v) is 5.50. The Morgan fingerprint density at radius 1 is 1.44 bits per heavy atom. The lowest BCUT2D eigenvalue weighted by atomic mass is 9.64. The van der Waals surface area contributed by atoms with Crippen molar-refractivity contribution in [1.29, 1.82) is 0 Å². The third-order valence-electron chi connectivity index (χ3n) is 4.13. The van der Waals surface area contributed by atoms with Crippen LogP contribution in [0.15, 0.2) is 40.2 Å². The van der Waals surface area contributed by atoms with E-state index < -0.39 is 0 Å². The molecule has 0 saturated heterocycles. The highest BCUT2D eigenvalue weighted by Crippen LogP contribution is 2.46. The van der Waals surface area contributed by atoms with Gasteiger partial charge in [-0.05, 0) is 31.4 Å². The monoisotopic (exact) mass is 242 g/mol. The van der Waals surface area contributed by atoms with Gasteiger partial charge in [-0.25, -0.2) is 0 Å². The van der Waals surface area contributed by atoms with E-state index in [9.17, 15) is 4.79 Å². The van der Waals surface area contributed by atoms with E-state index in [1.807, 2.05) is 6.07 Å². The smallest absolute Gasteiger partial charge is 0.248 e. The van der Waals surface area contributed by atoms with Gasteiger partial charge in [-0.1, -0.05) is 23.8 Å². The van der Waals surface area contributed by atoms with E-state index in [-0.39, 0.29) is 17.0 Å². The highest BCUT2D eigenvalue weighted by molar-refractivity contribution is 5.50. The van der Waals surface area contributed by atoms with Gasteiger partial charge in [-0.3, -0.25) is 4.79 Å². The van der Waals surface area contributed by atoms with Gasteiger partial charge in [0.2, 0.25) is 5.56 Å². The first-order valence-corrected chi connectivity index (χ1v) is 6.38. The number of pyridine rings is 1. The number of hydrogen-bond donors (Lipinski definition) is 2. The van der Waals surface area contributed by atoms with Crippen LogP contribution in [0, 0.1) is 0 Å². The minimum atomic E-state index is -0.324. The van der Waals surface area contributed by atoms with E-state index in [1.165, 1.54) is 16.7 Å². The first-order valence-electron chi connectivity index (χ1n) is 6.38. The van der Waals surface area contributed by atoms with Gasteiger partial charge < -0.3 is 10.7 Å². The zero-order valence-electron chi connectivity index (χ0n) is 10.8. The van der Waals surface area contributed by atoms with Gasteiger partial charge in [0.25, 0.3) is 0 Å². The largest absolute Gasteiger partial charge is 0.326 e. The molecule has 0 radical (unpaired) electrons. The summed E-state index contributed by atoms with van der Waals surface area (Å²) in [5, 5.41) is 0. The Morgan fingerprint density at radius 3 is 2.94 bits per heavy atom. The molecule has 1 aromatic heterocycles. The molecular weight excluding hydrogens is 224 g/mol. The van der Waals surface area contributed by atoms with Crippen LogP contribution < -0.4 is 11.3 Å². The van der Waals surface area contributed by atoms with Crippen molar-refractivity contribution in [3.05, 3.63) is 57.0 Å². The molecule has 2 bridgehead atoms. The molecule has 0 amide bonds. The fourth-order valence-corrected chi connectivity index (χ4v) is 3.51. The maximum Gasteiger partial charge on any atom is 0.248 e. The van der Waals surface area contributed by atoms with Crippen molar-refractivity contribution in [2.45, 2.75) is 38.1 Å². The predicted molar refractivity (Wildman–Crippen MR) is 72.6 cm³/mol. The van der Waals surface area contributed by atoms with Crippen molar-refractivity contribution in [3.8, 4) is 0 Å². The average molecular weight is 242 g/mol. The molecule has 3 N–H and O–H groups in total. The van der Waals surface area contributed by atoms with Crippen LogP contribution in [0.3, 0.4) is 0 Å². The summed E-state index contributed by atoms with van der Waals surface area (Å²) in [7, 11) is 0. The van der Waals surface area contributed by atoms with Crippen molar-refractivity contribution in [2.75, 3.05) is 0 Å². The minimum Gasteiger partial charge on any atom is -0.326 e. The molecule has 1 aromatic rings. The van der Waals surface area contributed by atoms with Gasteiger partial charge in [0.05, 0.1) is 0 Å². The van der Waals surface area contributed by atoms with Crippen LogP contribution in [-0.2, 0) is 6.42 Å². The maximum absolute atomic E-state index is 11.5. The molecule has 3 nitrogen and oxygen atoms in total. The van der Waals surface area contributed by atoms with Gasteiger partial charge in [-0.2, -0.15) is 0 Å². The Kier molecular flexibility index (Phi) is 2.35. The number of hydrogen-bond acceptors (Lipinski definition) is 2. The molecule has 1 heterocycles. The lowest BCUT2D eigenvalue weighted by Gasteiger charge is -2.44. The SMILES string of the molecule is CC=C1[C@H]2C=C(C)C[C@]1(N)Cc1[nH]c(=O)ccc12. The van der Waals surface area contributed by atoms with Crippen LogP contribution in [0.25, 0.3) is 0 Å².